The predicted octanol–water partition coefficient (Wildman–Crippen LogP) is 5.04. The minimum Gasteiger partial charge on any atom is -0.544 e. The molecule has 1 unspecified atom stereocenters. The first kappa shape index (κ1) is 19.2. The topological polar surface area (TPSA) is 27.7 Å². The molecule has 0 aliphatic heterocycles. The van der Waals surface area contributed by atoms with Gasteiger partial charge in [-0.3, -0.25) is 0 Å². The van der Waals surface area contributed by atoms with Gasteiger partial charge in [-0.15, -0.1) is 6.58 Å². The molecule has 1 aliphatic rings. The summed E-state index contributed by atoms with van der Waals surface area (Å²) >= 11 is 0. The molecule has 126 valence electrons. The standard InChI is InChI=1S/C18H32O3Si/c1-8-11-18(14-20-15-19-5)12-9-16(10-13-18)21-22(6,7)17(2,3)4/h8-10,12H,1,11,13-15H2,2-7H3. The Morgan fingerprint density at radius 1 is 1.36 bits per heavy atom. The van der Waals surface area contributed by atoms with Crippen molar-refractivity contribution < 1.29 is 13.9 Å². The summed E-state index contributed by atoms with van der Waals surface area (Å²) in [4.78, 5) is 0. The molecule has 1 aliphatic carbocycles. The Morgan fingerprint density at radius 2 is 2.05 bits per heavy atom. The molecule has 1 rings (SSSR count). The molecule has 0 saturated heterocycles. The Morgan fingerprint density at radius 3 is 2.50 bits per heavy atom. The van der Waals surface area contributed by atoms with Crippen LogP contribution in [-0.2, 0) is 13.9 Å². The summed E-state index contributed by atoms with van der Waals surface area (Å²) in [6.07, 6.45) is 10.3. The number of rotatable bonds is 8. The fourth-order valence-electron chi connectivity index (χ4n) is 2.16. The zero-order valence-corrected chi connectivity index (χ0v) is 16.1. The number of ether oxygens (including phenoxy) is 2. The zero-order valence-electron chi connectivity index (χ0n) is 15.1. The van der Waals surface area contributed by atoms with Crippen LogP contribution >= 0.6 is 0 Å². The quantitative estimate of drug-likeness (QED) is 0.271. The second kappa shape index (κ2) is 7.62. The molecule has 1 atom stereocenters. The number of hydrogen-bond acceptors (Lipinski definition) is 3. The molecular formula is C18H32O3Si. The molecule has 0 saturated carbocycles. The third-order valence-electron chi connectivity index (χ3n) is 4.63. The average Bonchev–Trinajstić information content (AvgIpc) is 2.41. The van der Waals surface area contributed by atoms with E-state index in [0.717, 1.165) is 18.6 Å². The van der Waals surface area contributed by atoms with E-state index < -0.39 is 8.32 Å². The van der Waals surface area contributed by atoms with Crippen LogP contribution < -0.4 is 0 Å². The lowest BCUT2D eigenvalue weighted by Gasteiger charge is -2.38. The highest BCUT2D eigenvalue weighted by Gasteiger charge is 2.39. The highest BCUT2D eigenvalue weighted by molar-refractivity contribution is 6.74. The lowest BCUT2D eigenvalue weighted by molar-refractivity contribution is -0.0551. The largest absolute Gasteiger partial charge is 0.544 e. The first-order valence-electron chi connectivity index (χ1n) is 7.92. The summed E-state index contributed by atoms with van der Waals surface area (Å²) in [5.74, 6) is 0.998. The van der Waals surface area contributed by atoms with Gasteiger partial charge >= 0.3 is 0 Å². The third kappa shape index (κ3) is 5.11. The molecule has 0 amide bonds. The fraction of sp³-hybridized carbons (Fsp3) is 0.667. The van der Waals surface area contributed by atoms with E-state index in [-0.39, 0.29) is 10.5 Å². The second-order valence-electron chi connectivity index (χ2n) is 7.62. The van der Waals surface area contributed by atoms with Gasteiger partial charge in [0.25, 0.3) is 0 Å². The lowest BCUT2D eigenvalue weighted by Crippen LogP contribution is -2.40. The monoisotopic (exact) mass is 324 g/mol. The Hall–Kier alpha value is -0.843. The van der Waals surface area contributed by atoms with Gasteiger partial charge in [-0.1, -0.05) is 32.9 Å². The summed E-state index contributed by atoms with van der Waals surface area (Å²) in [6.45, 7) is 16.1. The van der Waals surface area contributed by atoms with Crippen molar-refractivity contribution >= 4 is 8.32 Å². The van der Waals surface area contributed by atoms with E-state index >= 15 is 0 Å². The van der Waals surface area contributed by atoms with Crippen LogP contribution in [-0.4, -0.2) is 28.8 Å². The maximum atomic E-state index is 6.36. The molecule has 0 aromatic heterocycles. The van der Waals surface area contributed by atoms with Crippen molar-refractivity contribution in [1.29, 1.82) is 0 Å². The van der Waals surface area contributed by atoms with E-state index in [0.29, 0.717) is 13.4 Å². The van der Waals surface area contributed by atoms with Crippen LogP contribution in [0.5, 0.6) is 0 Å². The third-order valence-corrected chi connectivity index (χ3v) is 8.99. The minimum absolute atomic E-state index is 0.0272. The normalized spacial score (nSPS) is 22.4. The van der Waals surface area contributed by atoms with E-state index in [1.54, 1.807) is 7.11 Å². The van der Waals surface area contributed by atoms with Gasteiger partial charge in [0.05, 0.1) is 12.4 Å². The maximum Gasteiger partial charge on any atom is 0.250 e. The van der Waals surface area contributed by atoms with Crippen molar-refractivity contribution in [3.8, 4) is 0 Å². The summed E-state index contributed by atoms with van der Waals surface area (Å²) < 4.78 is 16.9. The Labute approximate surface area is 137 Å². The van der Waals surface area contributed by atoms with E-state index in [1.807, 2.05) is 6.08 Å². The van der Waals surface area contributed by atoms with Crippen LogP contribution in [0.4, 0.5) is 0 Å². The molecule has 0 radical (unpaired) electrons. The molecule has 0 fully saturated rings. The smallest absolute Gasteiger partial charge is 0.250 e. The van der Waals surface area contributed by atoms with Crippen molar-refractivity contribution in [2.75, 3.05) is 20.5 Å². The van der Waals surface area contributed by atoms with Crippen molar-refractivity contribution in [2.24, 2.45) is 5.41 Å². The van der Waals surface area contributed by atoms with Gasteiger partial charge in [0.2, 0.25) is 8.32 Å². The molecule has 0 spiro atoms. The predicted molar refractivity (Wildman–Crippen MR) is 95.2 cm³/mol. The molecule has 0 N–H and O–H groups in total. The zero-order chi connectivity index (χ0) is 16.9. The number of allylic oxidation sites excluding steroid dienone is 3. The number of hydrogen-bond donors (Lipinski definition) is 0. The molecule has 0 aromatic rings. The average molecular weight is 325 g/mol. The van der Waals surface area contributed by atoms with Crippen LogP contribution in [0.25, 0.3) is 0 Å². The first-order chi connectivity index (χ1) is 10.2. The fourth-order valence-corrected chi connectivity index (χ4v) is 3.20. The Kier molecular flexibility index (Phi) is 6.65. The van der Waals surface area contributed by atoms with Gasteiger partial charge in [0.15, 0.2) is 0 Å². The van der Waals surface area contributed by atoms with Gasteiger partial charge < -0.3 is 13.9 Å². The van der Waals surface area contributed by atoms with E-state index in [9.17, 15) is 0 Å². The van der Waals surface area contributed by atoms with E-state index in [1.165, 1.54) is 0 Å². The summed E-state index contributed by atoms with van der Waals surface area (Å²) in [7, 11) is -0.138. The summed E-state index contributed by atoms with van der Waals surface area (Å²) in [5.41, 5.74) is -0.0272. The van der Waals surface area contributed by atoms with Crippen LogP contribution in [0.3, 0.4) is 0 Å². The highest BCUT2D eigenvalue weighted by atomic mass is 28.4. The maximum absolute atomic E-state index is 6.36. The SMILES string of the molecule is C=CCC1(COCOC)C=CC(O[Si](C)(C)C(C)(C)C)=CC1. The lowest BCUT2D eigenvalue weighted by atomic mass is 9.79. The number of methoxy groups -OCH3 is 1. The van der Waals surface area contributed by atoms with E-state index in [4.69, 9.17) is 13.9 Å². The summed E-state index contributed by atoms with van der Waals surface area (Å²) in [5, 5.41) is 0.207. The first-order valence-corrected chi connectivity index (χ1v) is 10.8. The van der Waals surface area contributed by atoms with Crippen molar-refractivity contribution in [3.05, 3.63) is 36.6 Å². The molecule has 0 heterocycles. The van der Waals surface area contributed by atoms with Gasteiger partial charge in [-0.05, 0) is 43.1 Å². The van der Waals surface area contributed by atoms with Crippen molar-refractivity contribution in [3.63, 3.8) is 0 Å². The van der Waals surface area contributed by atoms with Gasteiger partial charge in [-0.2, -0.15) is 0 Å². The van der Waals surface area contributed by atoms with Crippen LogP contribution in [0.2, 0.25) is 18.1 Å². The molecule has 3 nitrogen and oxygen atoms in total. The molecule has 0 bridgehead atoms. The van der Waals surface area contributed by atoms with Gasteiger partial charge in [0, 0.05) is 12.5 Å². The van der Waals surface area contributed by atoms with Crippen molar-refractivity contribution in [2.45, 2.75) is 51.7 Å². The molecule has 4 heteroatoms. The van der Waals surface area contributed by atoms with Gasteiger partial charge in [0.1, 0.15) is 6.79 Å². The highest BCUT2D eigenvalue weighted by Crippen LogP contribution is 2.40. The van der Waals surface area contributed by atoms with E-state index in [2.05, 4.69) is 58.7 Å². The summed E-state index contributed by atoms with van der Waals surface area (Å²) in [6, 6.07) is 0. The molecule has 0 aromatic carbocycles. The molecule has 22 heavy (non-hydrogen) atoms. The van der Waals surface area contributed by atoms with Crippen LogP contribution in [0.15, 0.2) is 36.6 Å². The minimum atomic E-state index is -1.78. The van der Waals surface area contributed by atoms with Gasteiger partial charge in [-0.25, -0.2) is 0 Å². The molecular weight excluding hydrogens is 292 g/mol. The Balaban J connectivity index is 2.74. The van der Waals surface area contributed by atoms with Crippen LogP contribution in [0.1, 0.15) is 33.6 Å². The van der Waals surface area contributed by atoms with Crippen LogP contribution in [0, 0.1) is 5.41 Å². The second-order valence-corrected chi connectivity index (χ2v) is 12.3. The van der Waals surface area contributed by atoms with Crippen molar-refractivity contribution in [1.82, 2.24) is 0 Å². The Bertz CT molecular complexity index is 432.